The molecule has 150 valence electrons. The van der Waals surface area contributed by atoms with Crippen molar-refractivity contribution in [2.45, 2.75) is 6.42 Å². The molecule has 0 radical (unpaired) electrons. The Kier molecular flexibility index (Phi) is 6.23. The number of benzene rings is 3. The molecule has 30 heavy (non-hydrogen) atoms. The van der Waals surface area contributed by atoms with E-state index in [4.69, 9.17) is 27.6 Å². The number of hydrazone groups is 1. The molecule has 0 unspecified atom stereocenters. The second-order valence-electron chi connectivity index (χ2n) is 6.53. The molecule has 1 heterocycles. The van der Waals surface area contributed by atoms with E-state index in [0.29, 0.717) is 27.1 Å². The van der Waals surface area contributed by atoms with Crippen LogP contribution >= 0.6 is 39.1 Å². The number of nitrogens with one attached hydrogen (secondary N) is 1. The van der Waals surface area contributed by atoms with Gasteiger partial charge in [-0.25, -0.2) is 5.43 Å². The molecule has 0 aliphatic heterocycles. The van der Waals surface area contributed by atoms with Crippen LogP contribution in [0.5, 0.6) is 0 Å². The summed E-state index contributed by atoms with van der Waals surface area (Å²) in [6.07, 6.45) is 1.66. The highest BCUT2D eigenvalue weighted by molar-refractivity contribution is 9.10. The molecule has 4 nitrogen and oxygen atoms in total. The predicted molar refractivity (Wildman–Crippen MR) is 125 cm³/mol. The molecule has 0 fully saturated rings. The van der Waals surface area contributed by atoms with Gasteiger partial charge in [-0.2, -0.15) is 5.10 Å². The van der Waals surface area contributed by atoms with E-state index >= 15 is 0 Å². The molecular weight excluding hydrogens is 487 g/mol. The van der Waals surface area contributed by atoms with Crippen molar-refractivity contribution >= 4 is 62.0 Å². The highest BCUT2D eigenvalue weighted by Crippen LogP contribution is 2.34. The van der Waals surface area contributed by atoms with Crippen LogP contribution in [0.2, 0.25) is 10.0 Å². The molecule has 0 atom stereocenters. The maximum atomic E-state index is 12.3. The lowest BCUT2D eigenvalue weighted by Crippen LogP contribution is -2.19. The molecule has 0 saturated carbocycles. The Morgan fingerprint density at radius 2 is 1.80 bits per heavy atom. The Hall–Kier alpha value is -2.60. The molecule has 4 aromatic rings. The summed E-state index contributed by atoms with van der Waals surface area (Å²) in [5.41, 5.74) is 4.16. The van der Waals surface area contributed by atoms with Gasteiger partial charge in [-0.05, 0) is 46.7 Å². The number of hydrogen-bond donors (Lipinski definition) is 1. The van der Waals surface area contributed by atoms with Gasteiger partial charge in [0.25, 0.3) is 0 Å². The van der Waals surface area contributed by atoms with Gasteiger partial charge >= 0.3 is 0 Å². The number of carbonyl (C=O) groups is 1. The minimum atomic E-state index is -0.219. The number of carbonyl (C=O) groups excluding carboxylic acids is 1. The van der Waals surface area contributed by atoms with Gasteiger partial charge < -0.3 is 4.42 Å². The van der Waals surface area contributed by atoms with Crippen LogP contribution < -0.4 is 5.43 Å². The van der Waals surface area contributed by atoms with Crippen molar-refractivity contribution in [2.75, 3.05) is 0 Å². The van der Waals surface area contributed by atoms with Crippen molar-refractivity contribution in [3.05, 3.63) is 92.6 Å². The van der Waals surface area contributed by atoms with Crippen molar-refractivity contribution in [1.29, 1.82) is 0 Å². The minimum Gasteiger partial charge on any atom is -0.455 e. The number of halogens is 3. The van der Waals surface area contributed by atoms with Crippen molar-refractivity contribution in [3.8, 4) is 11.3 Å². The Bertz CT molecular complexity index is 1270. The summed E-state index contributed by atoms with van der Waals surface area (Å²) in [5, 5.41) is 6.96. The molecule has 7 heteroatoms. The minimum absolute atomic E-state index is 0.215. The van der Waals surface area contributed by atoms with E-state index in [0.717, 1.165) is 20.8 Å². The van der Waals surface area contributed by atoms with E-state index in [-0.39, 0.29) is 12.3 Å². The topological polar surface area (TPSA) is 54.6 Å². The largest absolute Gasteiger partial charge is 0.455 e. The number of hydrogen-bond acceptors (Lipinski definition) is 3. The average molecular weight is 502 g/mol. The zero-order valence-corrected chi connectivity index (χ0v) is 18.6. The van der Waals surface area contributed by atoms with Crippen LogP contribution in [0, 0.1) is 0 Å². The zero-order chi connectivity index (χ0) is 21.1. The van der Waals surface area contributed by atoms with Crippen molar-refractivity contribution < 1.29 is 9.21 Å². The van der Waals surface area contributed by atoms with E-state index in [1.165, 1.54) is 6.21 Å². The lowest BCUT2D eigenvalue weighted by Gasteiger charge is -2.07. The Balaban J connectivity index is 1.43. The Morgan fingerprint density at radius 1 is 1.00 bits per heavy atom. The lowest BCUT2D eigenvalue weighted by atomic mass is 10.0. The molecule has 1 amide bonds. The van der Waals surface area contributed by atoms with E-state index < -0.39 is 0 Å². The fourth-order valence-electron chi connectivity index (χ4n) is 3.12. The fourth-order valence-corrected chi connectivity index (χ4v) is 3.99. The maximum absolute atomic E-state index is 12.3. The van der Waals surface area contributed by atoms with Crippen molar-refractivity contribution in [1.82, 2.24) is 5.43 Å². The van der Waals surface area contributed by atoms with E-state index in [1.54, 1.807) is 24.3 Å². The molecule has 0 aliphatic carbocycles. The van der Waals surface area contributed by atoms with Crippen molar-refractivity contribution in [3.63, 3.8) is 0 Å². The van der Waals surface area contributed by atoms with Crippen LogP contribution in [0.1, 0.15) is 11.3 Å². The molecule has 0 bridgehead atoms. The lowest BCUT2D eigenvalue weighted by molar-refractivity contribution is -0.120. The third-order valence-electron chi connectivity index (χ3n) is 4.54. The maximum Gasteiger partial charge on any atom is 0.244 e. The van der Waals surface area contributed by atoms with Crippen LogP contribution in [0.3, 0.4) is 0 Å². The van der Waals surface area contributed by atoms with Gasteiger partial charge in [-0.15, -0.1) is 0 Å². The first-order valence-corrected chi connectivity index (χ1v) is 10.6. The van der Waals surface area contributed by atoms with Gasteiger partial charge in [0.05, 0.1) is 22.7 Å². The number of amides is 1. The summed E-state index contributed by atoms with van der Waals surface area (Å²) in [6, 6.07) is 20.6. The molecule has 1 aromatic heterocycles. The van der Waals surface area contributed by atoms with Gasteiger partial charge in [0.1, 0.15) is 11.5 Å². The Labute approximate surface area is 191 Å². The summed E-state index contributed by atoms with van der Waals surface area (Å²) in [4.78, 5) is 12.3. The van der Waals surface area contributed by atoms with Gasteiger partial charge in [-0.3, -0.25) is 4.79 Å². The number of fused-ring (bicyclic) bond motifs is 1. The zero-order valence-electron chi connectivity index (χ0n) is 15.5. The summed E-state index contributed by atoms with van der Waals surface area (Å²) in [5.74, 6) is 0.829. The van der Waals surface area contributed by atoms with Gasteiger partial charge in [0, 0.05) is 10.0 Å². The number of nitrogens with zero attached hydrogens (tertiary/aromatic N) is 1. The summed E-state index contributed by atoms with van der Waals surface area (Å²) in [6.45, 7) is 0. The fraction of sp³-hybridized carbons (Fsp3) is 0.0435. The molecule has 0 aliphatic rings. The van der Waals surface area contributed by atoms with E-state index in [1.807, 2.05) is 42.5 Å². The monoisotopic (exact) mass is 500 g/mol. The third kappa shape index (κ3) is 4.43. The smallest absolute Gasteiger partial charge is 0.244 e. The highest BCUT2D eigenvalue weighted by atomic mass is 79.9. The SMILES string of the molecule is O=C(Cc1ccc(Br)c2ccccc12)NN=Cc1ccc(-c2cccc(Cl)c2Cl)o1. The third-order valence-corrected chi connectivity index (χ3v) is 6.05. The predicted octanol–water partition coefficient (Wildman–Crippen LogP) is 6.86. The van der Waals surface area contributed by atoms with Crippen LogP contribution in [-0.4, -0.2) is 12.1 Å². The first-order valence-electron chi connectivity index (χ1n) is 9.05. The quantitative estimate of drug-likeness (QED) is 0.240. The molecular formula is C23H15BrCl2N2O2. The summed E-state index contributed by atoms with van der Waals surface area (Å²) < 4.78 is 6.72. The first kappa shape index (κ1) is 20.7. The number of rotatable bonds is 5. The van der Waals surface area contributed by atoms with Gasteiger partial charge in [0.2, 0.25) is 5.91 Å². The molecule has 0 spiro atoms. The van der Waals surface area contributed by atoms with Crippen LogP contribution in [0.15, 0.2) is 80.7 Å². The van der Waals surface area contributed by atoms with Gasteiger partial charge in [0.15, 0.2) is 0 Å². The van der Waals surface area contributed by atoms with E-state index in [9.17, 15) is 4.79 Å². The van der Waals surface area contributed by atoms with Crippen LogP contribution in [0.4, 0.5) is 0 Å². The average Bonchev–Trinajstić information content (AvgIpc) is 3.21. The van der Waals surface area contributed by atoms with Crippen molar-refractivity contribution in [2.24, 2.45) is 5.10 Å². The molecule has 0 saturated heterocycles. The molecule has 4 rings (SSSR count). The summed E-state index contributed by atoms with van der Waals surface area (Å²) in [7, 11) is 0. The van der Waals surface area contributed by atoms with E-state index in [2.05, 4.69) is 26.5 Å². The first-order chi connectivity index (χ1) is 14.5. The van der Waals surface area contributed by atoms with Crippen LogP contribution in [-0.2, 0) is 11.2 Å². The number of furan rings is 1. The molecule has 1 N–H and O–H groups in total. The molecule has 3 aromatic carbocycles. The standard InChI is InChI=1S/C23H15BrCl2N2O2/c24-19-10-8-14(16-4-1-2-5-17(16)19)12-22(29)28-27-13-15-9-11-21(30-15)18-6-3-7-20(25)23(18)26/h1-11,13H,12H2,(H,28,29). The second-order valence-corrected chi connectivity index (χ2v) is 8.16. The Morgan fingerprint density at radius 3 is 2.63 bits per heavy atom. The van der Waals surface area contributed by atoms with Gasteiger partial charge in [-0.1, -0.05) is 75.5 Å². The second kappa shape index (κ2) is 9.04. The highest BCUT2D eigenvalue weighted by Gasteiger charge is 2.11. The van der Waals surface area contributed by atoms with Crippen LogP contribution in [0.25, 0.3) is 22.1 Å². The normalized spacial score (nSPS) is 11.3. The summed E-state index contributed by atoms with van der Waals surface area (Å²) >= 11 is 15.8.